The molecular weight excluding hydrogens is 390 g/mol. The number of carbonyl (C=O) groups is 1. The maximum absolute atomic E-state index is 10.7. The Labute approximate surface area is 185 Å². The van der Waals surface area contributed by atoms with E-state index in [0.29, 0.717) is 18.1 Å². The van der Waals surface area contributed by atoms with Crippen molar-refractivity contribution in [3.63, 3.8) is 0 Å². The highest BCUT2D eigenvalue weighted by molar-refractivity contribution is 5.84. The predicted molar refractivity (Wildman–Crippen MR) is 123 cm³/mol. The zero-order valence-corrected chi connectivity index (χ0v) is 19.0. The quantitative estimate of drug-likeness (QED) is 0.587. The first kappa shape index (κ1) is 21.9. The van der Waals surface area contributed by atoms with Gasteiger partial charge in [0, 0.05) is 19.6 Å². The van der Waals surface area contributed by atoms with Crippen LogP contribution in [0.1, 0.15) is 58.4 Å². The van der Waals surface area contributed by atoms with Gasteiger partial charge in [0.25, 0.3) is 0 Å². The topological polar surface area (TPSA) is 59.0 Å². The molecule has 5 nitrogen and oxygen atoms in total. The summed E-state index contributed by atoms with van der Waals surface area (Å²) < 4.78 is 11.2. The van der Waals surface area contributed by atoms with Gasteiger partial charge in [-0.25, -0.2) is 4.79 Å². The highest BCUT2D eigenvalue weighted by Crippen LogP contribution is 2.39. The second kappa shape index (κ2) is 9.07. The van der Waals surface area contributed by atoms with E-state index in [1.165, 1.54) is 29.2 Å². The maximum atomic E-state index is 10.7. The van der Waals surface area contributed by atoms with Gasteiger partial charge in [0.2, 0.25) is 0 Å². The second-order valence-electron chi connectivity index (χ2n) is 10.3. The summed E-state index contributed by atoms with van der Waals surface area (Å²) in [5.41, 5.74) is 1.63. The molecule has 2 aromatic rings. The smallest absolute Gasteiger partial charge is 0.490 e. The molecule has 2 aromatic carbocycles. The molecule has 1 atom stereocenters. The standard InChI is InChI=1S/C26H35NO4/c1-26(2,3)21-7-10-22(11-8-21)30-23-9-6-19-14-18(4-5-20(19)15-23)16-27-13-12-24(17-27)31-25(28)29/h4-6,9,14-15,21-22,24H,7-8,10-13,16-17H2,1-3H3,(H,28,29)/t21-,22-,24?. The first-order valence-electron chi connectivity index (χ1n) is 11.6. The second-order valence-corrected chi connectivity index (χ2v) is 10.3. The van der Waals surface area contributed by atoms with Gasteiger partial charge >= 0.3 is 6.16 Å². The van der Waals surface area contributed by atoms with Crippen molar-refractivity contribution < 1.29 is 19.4 Å². The van der Waals surface area contributed by atoms with E-state index in [9.17, 15) is 4.79 Å². The van der Waals surface area contributed by atoms with Crippen LogP contribution in [0.25, 0.3) is 10.8 Å². The van der Waals surface area contributed by atoms with Crippen molar-refractivity contribution in [2.75, 3.05) is 13.1 Å². The minimum atomic E-state index is -1.18. The van der Waals surface area contributed by atoms with Crippen LogP contribution in [-0.4, -0.2) is 41.5 Å². The third-order valence-corrected chi connectivity index (χ3v) is 6.98. The molecule has 0 aromatic heterocycles. The highest BCUT2D eigenvalue weighted by Gasteiger charge is 2.30. The summed E-state index contributed by atoms with van der Waals surface area (Å²) in [5.74, 6) is 1.76. The van der Waals surface area contributed by atoms with E-state index < -0.39 is 6.16 Å². The number of hydrogen-bond donors (Lipinski definition) is 1. The summed E-state index contributed by atoms with van der Waals surface area (Å²) in [6.45, 7) is 9.38. The summed E-state index contributed by atoms with van der Waals surface area (Å²) >= 11 is 0. The number of ether oxygens (including phenoxy) is 2. The molecule has 168 valence electrons. The van der Waals surface area contributed by atoms with Crippen LogP contribution in [0.4, 0.5) is 4.79 Å². The lowest BCUT2D eigenvalue weighted by Gasteiger charge is -2.37. The van der Waals surface area contributed by atoms with Crippen molar-refractivity contribution in [2.45, 2.75) is 71.6 Å². The van der Waals surface area contributed by atoms with Gasteiger partial charge in [-0.15, -0.1) is 0 Å². The van der Waals surface area contributed by atoms with Crippen LogP contribution >= 0.6 is 0 Å². The normalized spacial score (nSPS) is 24.9. The zero-order chi connectivity index (χ0) is 22.0. The Kier molecular flexibility index (Phi) is 6.42. The maximum Gasteiger partial charge on any atom is 0.506 e. The van der Waals surface area contributed by atoms with Gasteiger partial charge in [-0.2, -0.15) is 0 Å². The van der Waals surface area contributed by atoms with E-state index >= 15 is 0 Å². The van der Waals surface area contributed by atoms with E-state index in [0.717, 1.165) is 44.0 Å². The summed E-state index contributed by atoms with van der Waals surface area (Å²) in [6, 6.07) is 12.9. The molecule has 1 saturated carbocycles. The number of benzene rings is 2. The Morgan fingerprint density at radius 1 is 1.00 bits per heavy atom. The molecule has 5 heteroatoms. The molecule has 2 fully saturated rings. The number of fused-ring (bicyclic) bond motifs is 1. The fourth-order valence-electron chi connectivity index (χ4n) is 5.12. The zero-order valence-electron chi connectivity index (χ0n) is 19.0. The summed E-state index contributed by atoms with van der Waals surface area (Å²) in [7, 11) is 0. The molecule has 2 aliphatic rings. The van der Waals surface area contributed by atoms with E-state index in [1.54, 1.807) is 0 Å². The van der Waals surface area contributed by atoms with Gasteiger partial charge in [0.15, 0.2) is 0 Å². The van der Waals surface area contributed by atoms with Crippen molar-refractivity contribution in [1.82, 2.24) is 4.90 Å². The lowest BCUT2D eigenvalue weighted by Crippen LogP contribution is -2.30. The average Bonchev–Trinajstić information content (AvgIpc) is 3.14. The molecule has 1 unspecified atom stereocenters. The van der Waals surface area contributed by atoms with E-state index in [4.69, 9.17) is 14.6 Å². The fraction of sp³-hybridized carbons (Fsp3) is 0.577. The molecule has 1 N–H and O–H groups in total. The van der Waals surface area contributed by atoms with Crippen LogP contribution in [0.2, 0.25) is 0 Å². The molecular formula is C26H35NO4. The monoisotopic (exact) mass is 425 g/mol. The Hall–Kier alpha value is -2.27. The van der Waals surface area contributed by atoms with Gasteiger partial charge in [-0.05, 0) is 78.0 Å². The summed E-state index contributed by atoms with van der Waals surface area (Å²) in [6.07, 6.45) is 4.47. The average molecular weight is 426 g/mol. The molecule has 0 amide bonds. The lowest BCUT2D eigenvalue weighted by molar-refractivity contribution is 0.0548. The Morgan fingerprint density at radius 3 is 2.42 bits per heavy atom. The van der Waals surface area contributed by atoms with Gasteiger partial charge in [0.05, 0.1) is 6.10 Å². The van der Waals surface area contributed by atoms with E-state index in [-0.39, 0.29) is 6.10 Å². The number of nitrogens with zero attached hydrogens (tertiary/aromatic N) is 1. The SMILES string of the molecule is CC(C)(C)[C@H]1CC[C@H](Oc2ccc3cc(CN4CCC(OC(=O)O)C4)ccc3c2)CC1. The summed E-state index contributed by atoms with van der Waals surface area (Å²) in [4.78, 5) is 13.0. The predicted octanol–water partition coefficient (Wildman–Crippen LogP) is 6.09. The Balaban J connectivity index is 1.34. The van der Waals surface area contributed by atoms with Crippen molar-refractivity contribution in [2.24, 2.45) is 11.3 Å². The third kappa shape index (κ3) is 5.70. The molecule has 1 aliphatic carbocycles. The van der Waals surface area contributed by atoms with Crippen LogP contribution in [0, 0.1) is 11.3 Å². The van der Waals surface area contributed by atoms with Crippen molar-refractivity contribution in [1.29, 1.82) is 0 Å². The number of likely N-dealkylation sites (tertiary alicyclic amines) is 1. The molecule has 31 heavy (non-hydrogen) atoms. The van der Waals surface area contributed by atoms with Gasteiger partial charge in [0.1, 0.15) is 11.9 Å². The van der Waals surface area contributed by atoms with E-state index in [1.807, 2.05) is 0 Å². The minimum Gasteiger partial charge on any atom is -0.490 e. The summed E-state index contributed by atoms with van der Waals surface area (Å²) in [5, 5.41) is 11.2. The van der Waals surface area contributed by atoms with Gasteiger partial charge in [-0.1, -0.05) is 39.0 Å². The van der Waals surface area contributed by atoms with Gasteiger partial charge < -0.3 is 14.6 Å². The molecule has 4 rings (SSSR count). The van der Waals surface area contributed by atoms with Crippen LogP contribution in [0.3, 0.4) is 0 Å². The molecule has 1 aliphatic heterocycles. The van der Waals surface area contributed by atoms with Crippen molar-refractivity contribution in [3.05, 3.63) is 42.0 Å². The number of hydrogen-bond acceptors (Lipinski definition) is 4. The van der Waals surface area contributed by atoms with Crippen LogP contribution in [-0.2, 0) is 11.3 Å². The van der Waals surface area contributed by atoms with Crippen molar-refractivity contribution >= 4 is 16.9 Å². The third-order valence-electron chi connectivity index (χ3n) is 6.98. The van der Waals surface area contributed by atoms with Crippen LogP contribution < -0.4 is 4.74 Å². The molecule has 1 saturated heterocycles. The van der Waals surface area contributed by atoms with Crippen molar-refractivity contribution in [3.8, 4) is 5.75 Å². The van der Waals surface area contributed by atoms with Crippen LogP contribution in [0.5, 0.6) is 5.75 Å². The minimum absolute atomic E-state index is 0.212. The Morgan fingerprint density at radius 2 is 1.71 bits per heavy atom. The fourth-order valence-corrected chi connectivity index (χ4v) is 5.12. The van der Waals surface area contributed by atoms with Gasteiger partial charge in [-0.3, -0.25) is 4.90 Å². The highest BCUT2D eigenvalue weighted by atomic mass is 16.7. The van der Waals surface area contributed by atoms with E-state index in [2.05, 4.69) is 62.1 Å². The largest absolute Gasteiger partial charge is 0.506 e. The molecule has 0 bridgehead atoms. The Bertz CT molecular complexity index is 911. The first-order valence-corrected chi connectivity index (χ1v) is 11.6. The first-order chi connectivity index (χ1) is 14.8. The number of carboxylic acid groups (broad SMARTS) is 1. The van der Waals surface area contributed by atoms with Crippen LogP contribution in [0.15, 0.2) is 36.4 Å². The number of rotatable bonds is 5. The molecule has 0 spiro atoms. The lowest BCUT2D eigenvalue weighted by atomic mass is 9.72. The molecule has 1 heterocycles. The molecule has 0 radical (unpaired) electrons.